The molecule has 59 heavy (non-hydrogen) atoms. The molecule has 2 saturated heterocycles. The van der Waals surface area contributed by atoms with E-state index in [2.05, 4.69) is 4.18 Å². The number of unbranched alkanes of at least 4 members (excludes halogenated alkanes) is 14. The second-order valence-corrected chi connectivity index (χ2v) is 19.2. The van der Waals surface area contributed by atoms with E-state index in [0.29, 0.717) is 36.9 Å². The molecule has 2 fully saturated rings. The summed E-state index contributed by atoms with van der Waals surface area (Å²) in [5, 5.41) is 20.6. The van der Waals surface area contributed by atoms with Crippen molar-refractivity contribution in [1.29, 1.82) is 0 Å². The van der Waals surface area contributed by atoms with Crippen molar-refractivity contribution in [2.24, 2.45) is 5.73 Å². The quantitative estimate of drug-likeness (QED) is 0.0102. The zero-order valence-corrected chi connectivity index (χ0v) is 40.0. The van der Waals surface area contributed by atoms with Crippen molar-refractivity contribution in [2.45, 2.75) is 165 Å². The van der Waals surface area contributed by atoms with Gasteiger partial charge in [0.25, 0.3) is 0 Å². The number of aliphatic hydroxyl groups excluding tert-OH is 2. The number of rotatable bonds is 36. The van der Waals surface area contributed by atoms with Crippen LogP contribution >= 0.6 is 7.82 Å². The number of ether oxygens (including phenoxy) is 4. The third kappa shape index (κ3) is 29.1. The Hall–Kier alpha value is -0.0900. The molecule has 2 aliphatic rings. The van der Waals surface area contributed by atoms with E-state index in [4.69, 9.17) is 33.7 Å². The number of hydrogen-bond donors (Lipinski definition) is 4. The van der Waals surface area contributed by atoms with Crippen molar-refractivity contribution in [3.05, 3.63) is 12.2 Å². The number of nitrogens with two attached hydrogens (primary N) is 1. The number of aliphatic hydroxyl groups is 2. The minimum atomic E-state index is -4.72. The van der Waals surface area contributed by atoms with Crippen LogP contribution in [0.5, 0.6) is 0 Å². The minimum absolute atomic E-state index is 0. The van der Waals surface area contributed by atoms with Crippen LogP contribution in [-0.2, 0) is 51.9 Å². The summed E-state index contributed by atoms with van der Waals surface area (Å²) in [5.41, 5.74) is 5.65. The molecule has 5 N–H and O–H groups in total. The van der Waals surface area contributed by atoms with Crippen molar-refractivity contribution >= 4 is 24.2 Å². The molecular formula is C39H75N2NaO15PS+. The second kappa shape index (κ2) is 30.9. The van der Waals surface area contributed by atoms with Gasteiger partial charge in [-0.1, -0.05) is 83.1 Å². The first-order valence-electron chi connectivity index (χ1n) is 21.3. The van der Waals surface area contributed by atoms with Gasteiger partial charge in [-0.05, 0) is 38.5 Å². The molecule has 342 valence electrons. The third-order valence-corrected chi connectivity index (χ3v) is 11.5. The van der Waals surface area contributed by atoms with Gasteiger partial charge in [0.05, 0.1) is 59.2 Å². The van der Waals surface area contributed by atoms with Gasteiger partial charge in [-0.15, -0.1) is 0 Å². The number of quaternary nitrogens is 1. The smallest absolute Gasteiger partial charge is 0.726 e. The van der Waals surface area contributed by atoms with Crippen molar-refractivity contribution < 1.29 is 104 Å². The van der Waals surface area contributed by atoms with E-state index in [0.717, 1.165) is 64.2 Å². The summed E-state index contributed by atoms with van der Waals surface area (Å²) in [5.74, 6) is -1.20. The summed E-state index contributed by atoms with van der Waals surface area (Å²) in [4.78, 5) is 21.7. The number of phosphoric ester groups is 1. The van der Waals surface area contributed by atoms with Gasteiger partial charge in [0.2, 0.25) is 10.4 Å². The maximum atomic E-state index is 12.0. The van der Waals surface area contributed by atoms with E-state index < -0.39 is 54.8 Å². The molecule has 0 aromatic carbocycles. The first-order valence-corrected chi connectivity index (χ1v) is 24.1. The van der Waals surface area contributed by atoms with Gasteiger partial charge in [0.15, 0.2) is 5.79 Å². The topological polar surface area (TPSA) is 243 Å². The average molecular weight is 898 g/mol. The monoisotopic (exact) mass is 897 g/mol. The first-order chi connectivity index (χ1) is 27.4. The van der Waals surface area contributed by atoms with Crippen LogP contribution in [0.1, 0.15) is 128 Å². The van der Waals surface area contributed by atoms with Gasteiger partial charge < -0.3 is 48.8 Å². The van der Waals surface area contributed by atoms with E-state index in [1.807, 2.05) is 21.1 Å². The van der Waals surface area contributed by atoms with Gasteiger partial charge in [-0.3, -0.25) is 13.2 Å². The number of fused-ring (bicyclic) bond motifs is 2. The molecule has 17 nitrogen and oxygen atoms in total. The Kier molecular flexibility index (Phi) is 29.8. The van der Waals surface area contributed by atoms with Gasteiger partial charge in [0, 0.05) is 25.5 Å². The molecule has 20 heteroatoms. The van der Waals surface area contributed by atoms with Crippen LogP contribution in [0.3, 0.4) is 0 Å². The Balaban J connectivity index is 0.0000174. The third-order valence-electron chi connectivity index (χ3n) is 10.1. The molecule has 3 unspecified atom stereocenters. The van der Waals surface area contributed by atoms with Crippen LogP contribution in [0.15, 0.2) is 12.2 Å². The zero-order chi connectivity index (χ0) is 42.9. The number of carbonyl (C=O) groups is 1. The summed E-state index contributed by atoms with van der Waals surface area (Å²) < 4.78 is 80.9. The summed E-state index contributed by atoms with van der Waals surface area (Å²) in [6, 6.07) is -0.644. The molecule has 0 amide bonds. The van der Waals surface area contributed by atoms with Gasteiger partial charge in [-0.25, -0.2) is 17.8 Å². The van der Waals surface area contributed by atoms with Crippen LogP contribution in [0, 0.1) is 0 Å². The molecule has 0 radical (unpaired) electrons. The second-order valence-electron chi connectivity index (χ2n) is 16.7. The molecule has 2 rings (SSSR count). The van der Waals surface area contributed by atoms with Gasteiger partial charge in [0.1, 0.15) is 32.0 Å². The maximum Gasteiger partial charge on any atom is 1.00 e. The SMILES string of the molecule is C[N+](C)(C)CCOP(=O)(O)OCC(O)COC(=O)/C=C\CCCCC[C@H]1O[C@]2(CCCCCCCCCCCCCCOCC(N)COS(=O)(=O)[O-])CC[C@@H](O)[C@H]1O2.[Na+]. The summed E-state index contributed by atoms with van der Waals surface area (Å²) in [6.45, 7) is -0.0510. The normalized spacial score (nSPS) is 22.9. The molecule has 0 aromatic heterocycles. The zero-order valence-electron chi connectivity index (χ0n) is 36.3. The van der Waals surface area contributed by atoms with Crippen LogP contribution in [-0.4, -0.2) is 142 Å². The summed E-state index contributed by atoms with van der Waals surface area (Å²) >= 11 is 0. The van der Waals surface area contributed by atoms with Crippen molar-refractivity contribution in [2.75, 3.05) is 67.3 Å². The fourth-order valence-electron chi connectivity index (χ4n) is 6.84. The number of esters is 1. The van der Waals surface area contributed by atoms with Crippen LogP contribution < -0.4 is 35.3 Å². The number of nitrogens with zero attached hydrogens (tertiary/aromatic N) is 1. The molecule has 2 aliphatic heterocycles. The van der Waals surface area contributed by atoms with Gasteiger partial charge in [-0.2, -0.15) is 0 Å². The van der Waals surface area contributed by atoms with E-state index in [9.17, 15) is 37.4 Å². The Labute approximate surface area is 375 Å². The molecular weight excluding hydrogens is 822 g/mol. The van der Waals surface area contributed by atoms with E-state index in [-0.39, 0.29) is 68.2 Å². The number of likely N-dealkylation sites (N-methyl/N-ethyl adjacent to an activating group) is 1. The van der Waals surface area contributed by atoms with Crippen molar-refractivity contribution in [1.82, 2.24) is 0 Å². The minimum Gasteiger partial charge on any atom is -0.726 e. The molecule has 0 aliphatic carbocycles. The molecule has 0 spiro atoms. The van der Waals surface area contributed by atoms with E-state index in [1.165, 1.54) is 51.0 Å². The standard InChI is InChI=1S/C39H75N2O15PS.Na/c1-41(2,3)26-28-52-57(45,46)53-32-34(42)31-51-37(44)22-18-14-12-13-17-21-36-38-35(43)23-25-39(55-36,56-38)24-19-15-10-8-6-4-5-7-9-11-16-20-27-50-29-33(40)30-54-58(47,48)49;/h18,22,33-36,38,42-43H,4-17,19-21,23-32,40H2,1-3H3,(H-,45,46,47,48,49);/q;+1/b22-18-;/t33?,34?,35-,36-,38-,39+;/m1./s1. The molecule has 2 heterocycles. The Morgan fingerprint density at radius 2 is 1.51 bits per heavy atom. The largest absolute Gasteiger partial charge is 1.00 e. The number of carbonyl (C=O) groups excluding carboxylic acids is 1. The van der Waals surface area contributed by atoms with Crippen molar-refractivity contribution in [3.8, 4) is 0 Å². The molecule has 7 atom stereocenters. The fraction of sp³-hybridized carbons (Fsp3) is 0.923. The fourth-order valence-corrected chi connectivity index (χ4v) is 7.93. The molecule has 0 aromatic rings. The predicted molar refractivity (Wildman–Crippen MR) is 216 cm³/mol. The van der Waals surface area contributed by atoms with Crippen LogP contribution in [0.4, 0.5) is 0 Å². The maximum absolute atomic E-state index is 12.0. The Morgan fingerprint density at radius 3 is 2.14 bits per heavy atom. The number of allylic oxidation sites excluding steroid dienone is 1. The van der Waals surface area contributed by atoms with Crippen LogP contribution in [0.2, 0.25) is 0 Å². The van der Waals surface area contributed by atoms with E-state index in [1.54, 1.807) is 6.08 Å². The van der Waals surface area contributed by atoms with E-state index >= 15 is 0 Å². The summed E-state index contributed by atoms with van der Waals surface area (Å²) in [7, 11) is -3.30. The Bertz CT molecular complexity index is 1310. The predicted octanol–water partition coefficient (Wildman–Crippen LogP) is 1.77. The van der Waals surface area contributed by atoms with Crippen molar-refractivity contribution in [3.63, 3.8) is 0 Å². The first kappa shape index (κ1) is 56.9. The average Bonchev–Trinajstić information content (AvgIpc) is 3.45. The molecule has 0 saturated carbocycles. The molecule has 2 bridgehead atoms. The van der Waals surface area contributed by atoms with Gasteiger partial charge >= 0.3 is 43.3 Å². The summed E-state index contributed by atoms with van der Waals surface area (Å²) in [6.07, 6.45) is 21.2. The number of hydrogen-bond acceptors (Lipinski definition) is 15. The van der Waals surface area contributed by atoms with Crippen LogP contribution in [0.25, 0.3) is 0 Å². The Morgan fingerprint density at radius 1 is 0.898 bits per heavy atom. The number of phosphoric acid groups is 1.